The molecule has 0 spiro atoms. The molecule has 2 aromatic rings. The van der Waals surface area contributed by atoms with E-state index in [1.165, 1.54) is 4.90 Å². The maximum absolute atomic E-state index is 12.3. The fourth-order valence-corrected chi connectivity index (χ4v) is 2.38. The molecule has 5 nitrogen and oxygen atoms in total. The van der Waals surface area contributed by atoms with Gasteiger partial charge < -0.3 is 20.1 Å². The zero-order valence-electron chi connectivity index (χ0n) is 9.71. The van der Waals surface area contributed by atoms with Crippen molar-refractivity contribution in [1.82, 2.24) is 9.88 Å². The van der Waals surface area contributed by atoms with E-state index in [1.807, 2.05) is 18.2 Å². The molecule has 2 atom stereocenters. The number of benzene rings is 1. The molecule has 1 fully saturated rings. The smallest absolute Gasteiger partial charge is 0.254 e. The van der Waals surface area contributed by atoms with Gasteiger partial charge >= 0.3 is 0 Å². The summed E-state index contributed by atoms with van der Waals surface area (Å²) in [6.07, 6.45) is 0.0912. The molecular weight excluding hydrogens is 232 g/mol. The zero-order valence-corrected chi connectivity index (χ0v) is 9.71. The summed E-state index contributed by atoms with van der Waals surface area (Å²) in [5, 5.41) is 19.8. The molecule has 0 aliphatic carbocycles. The van der Waals surface area contributed by atoms with E-state index in [2.05, 4.69) is 4.98 Å². The average molecular weight is 246 g/mol. The molecule has 2 heterocycles. The van der Waals surface area contributed by atoms with Gasteiger partial charge in [-0.05, 0) is 18.2 Å². The number of nitrogens with zero attached hydrogens (tertiary/aromatic N) is 1. The molecule has 1 aliphatic rings. The van der Waals surface area contributed by atoms with Gasteiger partial charge in [0, 0.05) is 35.8 Å². The van der Waals surface area contributed by atoms with E-state index >= 15 is 0 Å². The largest absolute Gasteiger partial charge is 0.388 e. The summed E-state index contributed by atoms with van der Waals surface area (Å²) in [6.45, 7) is 0.363. The second kappa shape index (κ2) is 4.12. The maximum atomic E-state index is 12.3. The van der Waals surface area contributed by atoms with Gasteiger partial charge in [0.05, 0.1) is 12.2 Å². The molecule has 1 aliphatic heterocycles. The van der Waals surface area contributed by atoms with Crippen molar-refractivity contribution in [3.63, 3.8) is 0 Å². The lowest BCUT2D eigenvalue weighted by Crippen LogP contribution is -2.29. The van der Waals surface area contributed by atoms with E-state index in [0.717, 1.165) is 10.9 Å². The first-order valence-corrected chi connectivity index (χ1v) is 5.88. The Hall–Kier alpha value is -1.85. The Morgan fingerprint density at radius 3 is 2.67 bits per heavy atom. The standard InChI is InChI=1S/C13H14N2O3/c16-11-6-15(7-12(11)17)13(18)9-2-1-3-10-8(9)4-5-14-10/h1-5,11-12,14,16-17H,6-7H2. The fraction of sp³-hybridized carbons (Fsp3) is 0.308. The van der Waals surface area contributed by atoms with Gasteiger partial charge in [-0.3, -0.25) is 4.79 Å². The molecule has 1 aromatic heterocycles. The van der Waals surface area contributed by atoms with Crippen molar-refractivity contribution < 1.29 is 15.0 Å². The monoisotopic (exact) mass is 246 g/mol. The van der Waals surface area contributed by atoms with E-state index in [-0.39, 0.29) is 19.0 Å². The number of rotatable bonds is 1. The molecule has 18 heavy (non-hydrogen) atoms. The normalized spacial score (nSPS) is 23.8. The van der Waals surface area contributed by atoms with Crippen LogP contribution in [0.4, 0.5) is 0 Å². The maximum Gasteiger partial charge on any atom is 0.254 e. The fourth-order valence-electron chi connectivity index (χ4n) is 2.38. The highest BCUT2D eigenvalue weighted by Gasteiger charge is 2.33. The topological polar surface area (TPSA) is 76.6 Å². The van der Waals surface area contributed by atoms with Crippen molar-refractivity contribution >= 4 is 16.8 Å². The van der Waals surface area contributed by atoms with Gasteiger partial charge in [-0.25, -0.2) is 0 Å². The number of amides is 1. The molecule has 5 heteroatoms. The number of nitrogens with one attached hydrogen (secondary N) is 1. The summed E-state index contributed by atoms with van der Waals surface area (Å²) in [5.41, 5.74) is 1.50. The Labute approximate surface area is 104 Å². The van der Waals surface area contributed by atoms with Gasteiger partial charge in [-0.15, -0.1) is 0 Å². The van der Waals surface area contributed by atoms with Crippen molar-refractivity contribution in [3.05, 3.63) is 36.0 Å². The van der Waals surface area contributed by atoms with Crippen molar-refractivity contribution in [2.24, 2.45) is 0 Å². The lowest BCUT2D eigenvalue weighted by atomic mass is 10.1. The Balaban J connectivity index is 1.95. The summed E-state index contributed by atoms with van der Waals surface area (Å²) in [5.74, 6) is -0.157. The third-order valence-corrected chi connectivity index (χ3v) is 3.37. The molecule has 1 amide bonds. The van der Waals surface area contributed by atoms with Crippen molar-refractivity contribution in [3.8, 4) is 0 Å². The predicted octanol–water partition coefficient (Wildman–Crippen LogP) is 0.346. The van der Waals surface area contributed by atoms with Gasteiger partial charge in [0.25, 0.3) is 5.91 Å². The number of likely N-dealkylation sites (tertiary alicyclic amines) is 1. The molecule has 2 unspecified atom stereocenters. The molecule has 1 saturated heterocycles. The summed E-state index contributed by atoms with van der Waals surface area (Å²) in [7, 11) is 0. The quantitative estimate of drug-likeness (QED) is 0.679. The number of hydrogen-bond donors (Lipinski definition) is 3. The van der Waals surface area contributed by atoms with Crippen LogP contribution >= 0.6 is 0 Å². The molecule has 3 N–H and O–H groups in total. The third-order valence-electron chi connectivity index (χ3n) is 3.37. The van der Waals surface area contributed by atoms with E-state index in [4.69, 9.17) is 0 Å². The minimum Gasteiger partial charge on any atom is -0.388 e. The first-order chi connectivity index (χ1) is 8.66. The number of β-amino-alcohol motifs (C(OH)–C–C–N with tert-alkyl or cyclic N) is 2. The number of aliphatic hydroxyl groups excluding tert-OH is 2. The van der Waals surface area contributed by atoms with Crippen LogP contribution in [-0.4, -0.2) is 51.3 Å². The number of carbonyl (C=O) groups excluding carboxylic acids is 1. The number of hydrogen-bond acceptors (Lipinski definition) is 3. The van der Waals surface area contributed by atoms with Crippen LogP contribution in [0.2, 0.25) is 0 Å². The lowest BCUT2D eigenvalue weighted by Gasteiger charge is -2.15. The van der Waals surface area contributed by atoms with Crippen LogP contribution in [0.15, 0.2) is 30.5 Å². The van der Waals surface area contributed by atoms with Crippen molar-refractivity contribution in [2.45, 2.75) is 12.2 Å². The summed E-state index contributed by atoms with van der Waals surface area (Å²) in [4.78, 5) is 16.9. The highest BCUT2D eigenvalue weighted by atomic mass is 16.3. The van der Waals surface area contributed by atoms with Gasteiger partial charge in [-0.1, -0.05) is 6.07 Å². The first kappa shape index (κ1) is 11.3. The van der Waals surface area contributed by atoms with Gasteiger partial charge in [0.2, 0.25) is 0 Å². The van der Waals surface area contributed by atoms with E-state index in [9.17, 15) is 15.0 Å². The highest BCUT2D eigenvalue weighted by molar-refractivity contribution is 6.06. The third kappa shape index (κ3) is 1.68. The van der Waals surface area contributed by atoms with Gasteiger partial charge in [0.15, 0.2) is 0 Å². The molecular formula is C13H14N2O3. The molecule has 3 rings (SSSR count). The molecule has 94 valence electrons. The minimum atomic E-state index is -0.848. The Morgan fingerprint density at radius 1 is 1.22 bits per heavy atom. The Kier molecular flexibility index (Phi) is 2.57. The second-order valence-electron chi connectivity index (χ2n) is 4.59. The van der Waals surface area contributed by atoms with Gasteiger partial charge in [0.1, 0.15) is 0 Å². The van der Waals surface area contributed by atoms with E-state index in [1.54, 1.807) is 12.3 Å². The Bertz CT molecular complexity index is 583. The number of aromatic amines is 1. The first-order valence-electron chi connectivity index (χ1n) is 5.88. The zero-order chi connectivity index (χ0) is 12.7. The molecule has 1 aromatic carbocycles. The summed E-state index contributed by atoms with van der Waals surface area (Å²) in [6, 6.07) is 7.33. The predicted molar refractivity (Wildman–Crippen MR) is 66.2 cm³/mol. The van der Waals surface area contributed by atoms with Crippen LogP contribution in [0, 0.1) is 0 Å². The van der Waals surface area contributed by atoms with Crippen LogP contribution in [-0.2, 0) is 0 Å². The highest BCUT2D eigenvalue weighted by Crippen LogP contribution is 2.21. The Morgan fingerprint density at radius 2 is 1.94 bits per heavy atom. The number of aromatic nitrogens is 1. The van der Waals surface area contributed by atoms with Crippen molar-refractivity contribution in [2.75, 3.05) is 13.1 Å². The number of fused-ring (bicyclic) bond motifs is 1. The number of carbonyl (C=O) groups is 1. The van der Waals surface area contributed by atoms with Crippen LogP contribution < -0.4 is 0 Å². The lowest BCUT2D eigenvalue weighted by molar-refractivity contribution is 0.0572. The minimum absolute atomic E-state index is 0.157. The number of H-pyrrole nitrogens is 1. The van der Waals surface area contributed by atoms with Crippen molar-refractivity contribution in [1.29, 1.82) is 0 Å². The summed E-state index contributed by atoms with van der Waals surface area (Å²) < 4.78 is 0. The van der Waals surface area contributed by atoms with E-state index in [0.29, 0.717) is 5.56 Å². The van der Waals surface area contributed by atoms with E-state index < -0.39 is 12.2 Å². The summed E-state index contributed by atoms with van der Waals surface area (Å²) >= 11 is 0. The number of aliphatic hydroxyl groups is 2. The molecule has 0 bridgehead atoms. The SMILES string of the molecule is O=C(c1cccc2[nH]ccc12)N1CC(O)C(O)C1. The van der Waals surface area contributed by atoms with Gasteiger partial charge in [-0.2, -0.15) is 0 Å². The second-order valence-corrected chi connectivity index (χ2v) is 4.59. The van der Waals surface area contributed by atoms with Crippen LogP contribution in [0.5, 0.6) is 0 Å². The average Bonchev–Trinajstić information content (AvgIpc) is 2.95. The van der Waals surface area contributed by atoms with Crippen LogP contribution in [0.1, 0.15) is 10.4 Å². The molecule has 0 radical (unpaired) electrons. The molecule has 0 saturated carbocycles. The van der Waals surface area contributed by atoms with Crippen LogP contribution in [0.25, 0.3) is 10.9 Å². The van der Waals surface area contributed by atoms with Crippen LogP contribution in [0.3, 0.4) is 0 Å².